The molecule has 0 aliphatic carbocycles. The number of halogens is 2. The highest BCUT2D eigenvalue weighted by molar-refractivity contribution is 5.95. The van der Waals surface area contributed by atoms with Crippen LogP contribution in [0.3, 0.4) is 0 Å². The Balaban J connectivity index is 2.10. The van der Waals surface area contributed by atoms with E-state index in [9.17, 15) is 18.7 Å². The van der Waals surface area contributed by atoms with Gasteiger partial charge in [-0.2, -0.15) is 0 Å². The van der Waals surface area contributed by atoms with Crippen LogP contribution in [0.15, 0.2) is 48.0 Å². The van der Waals surface area contributed by atoms with E-state index in [1.807, 2.05) is 0 Å². The number of benzene rings is 2. The normalized spacial score (nSPS) is 16.7. The van der Waals surface area contributed by atoms with Gasteiger partial charge in [-0.3, -0.25) is 0 Å². The monoisotopic (exact) mass is 288 g/mol. The predicted molar refractivity (Wildman–Crippen MR) is 71.8 cm³/mol. The van der Waals surface area contributed by atoms with Crippen LogP contribution in [0.5, 0.6) is 5.75 Å². The molecule has 1 unspecified atom stereocenters. The molecule has 0 spiro atoms. The second-order valence-electron chi connectivity index (χ2n) is 4.61. The molecule has 5 heteroatoms. The molecule has 2 aromatic rings. The lowest BCUT2D eigenvalue weighted by Crippen LogP contribution is -2.20. The third kappa shape index (κ3) is 2.38. The van der Waals surface area contributed by atoms with E-state index in [-0.39, 0.29) is 11.1 Å². The van der Waals surface area contributed by atoms with Crippen LogP contribution in [-0.2, 0) is 4.79 Å². The average molecular weight is 288 g/mol. The summed E-state index contributed by atoms with van der Waals surface area (Å²) in [4.78, 5) is 11.4. The van der Waals surface area contributed by atoms with Gasteiger partial charge in [-0.05, 0) is 24.3 Å². The fraction of sp³-hybridized carbons (Fsp3) is 0.0625. The Kier molecular flexibility index (Phi) is 3.17. The van der Waals surface area contributed by atoms with Crippen LogP contribution in [0.25, 0.3) is 6.08 Å². The lowest BCUT2D eigenvalue weighted by molar-refractivity contribution is -0.133. The first-order valence-corrected chi connectivity index (χ1v) is 6.22. The van der Waals surface area contributed by atoms with Crippen molar-refractivity contribution in [1.29, 1.82) is 0 Å². The summed E-state index contributed by atoms with van der Waals surface area (Å²) in [5.41, 5.74) is 0.852. The minimum absolute atomic E-state index is 0.0280. The Morgan fingerprint density at radius 2 is 1.86 bits per heavy atom. The van der Waals surface area contributed by atoms with Crippen molar-refractivity contribution in [3.05, 3.63) is 70.8 Å². The highest BCUT2D eigenvalue weighted by atomic mass is 19.2. The van der Waals surface area contributed by atoms with Gasteiger partial charge >= 0.3 is 5.97 Å². The lowest BCUT2D eigenvalue weighted by Gasteiger charge is -2.25. The van der Waals surface area contributed by atoms with Gasteiger partial charge < -0.3 is 9.84 Å². The fourth-order valence-corrected chi connectivity index (χ4v) is 2.24. The van der Waals surface area contributed by atoms with Gasteiger partial charge in [0.25, 0.3) is 0 Å². The number of rotatable bonds is 2. The topological polar surface area (TPSA) is 46.5 Å². The Morgan fingerprint density at radius 3 is 2.57 bits per heavy atom. The fourth-order valence-electron chi connectivity index (χ4n) is 2.24. The Morgan fingerprint density at radius 1 is 1.10 bits per heavy atom. The molecule has 0 fully saturated rings. The van der Waals surface area contributed by atoms with Crippen LogP contribution in [0.1, 0.15) is 17.2 Å². The summed E-state index contributed by atoms with van der Waals surface area (Å²) in [5.74, 6) is -2.70. The molecule has 3 rings (SSSR count). The smallest absolute Gasteiger partial charge is 0.335 e. The quantitative estimate of drug-likeness (QED) is 0.919. The van der Waals surface area contributed by atoms with Crippen molar-refractivity contribution in [1.82, 2.24) is 0 Å². The molecule has 1 aliphatic rings. The Hall–Kier alpha value is -2.69. The summed E-state index contributed by atoms with van der Waals surface area (Å²) in [7, 11) is 0. The van der Waals surface area contributed by atoms with Gasteiger partial charge in [0.2, 0.25) is 0 Å². The molecule has 1 N–H and O–H groups in total. The third-order valence-electron chi connectivity index (χ3n) is 3.25. The summed E-state index contributed by atoms with van der Waals surface area (Å²) in [6, 6.07) is 10.1. The molecule has 0 saturated carbocycles. The maximum atomic E-state index is 13.4. The first-order valence-electron chi connectivity index (χ1n) is 6.22. The molecular formula is C16H10F2O3. The SMILES string of the molecule is O=C(O)C1=Cc2ccccc2OC1c1ccc(F)c(F)c1. The highest BCUT2D eigenvalue weighted by Gasteiger charge is 2.29. The van der Waals surface area contributed by atoms with Crippen LogP contribution >= 0.6 is 0 Å². The molecule has 1 atom stereocenters. The number of ether oxygens (including phenoxy) is 1. The summed E-state index contributed by atoms with van der Waals surface area (Å²) in [6.07, 6.45) is 0.500. The molecule has 3 nitrogen and oxygen atoms in total. The summed E-state index contributed by atoms with van der Waals surface area (Å²) in [5, 5.41) is 9.30. The number of fused-ring (bicyclic) bond motifs is 1. The van der Waals surface area contributed by atoms with Gasteiger partial charge in [0.05, 0.1) is 5.57 Å². The van der Waals surface area contributed by atoms with Crippen molar-refractivity contribution in [3.8, 4) is 5.75 Å². The molecule has 1 aliphatic heterocycles. The number of aliphatic carboxylic acids is 1. The van der Waals surface area contributed by atoms with Gasteiger partial charge in [0.15, 0.2) is 17.7 Å². The highest BCUT2D eigenvalue weighted by Crippen LogP contribution is 2.37. The first kappa shape index (κ1) is 13.3. The lowest BCUT2D eigenvalue weighted by atomic mass is 9.96. The number of carboxylic acids is 1. The summed E-state index contributed by atoms with van der Waals surface area (Å²) >= 11 is 0. The average Bonchev–Trinajstić information content (AvgIpc) is 2.48. The maximum absolute atomic E-state index is 13.4. The minimum Gasteiger partial charge on any atom is -0.480 e. The van der Waals surface area contributed by atoms with E-state index in [1.165, 1.54) is 12.1 Å². The minimum atomic E-state index is -1.17. The van der Waals surface area contributed by atoms with Crippen LogP contribution in [-0.4, -0.2) is 11.1 Å². The Labute approximate surface area is 119 Å². The van der Waals surface area contributed by atoms with Gasteiger partial charge in [0, 0.05) is 11.1 Å². The van der Waals surface area contributed by atoms with Crippen molar-refractivity contribution >= 4 is 12.0 Å². The van der Waals surface area contributed by atoms with Crippen LogP contribution in [0.4, 0.5) is 8.78 Å². The van der Waals surface area contributed by atoms with Crippen LogP contribution in [0, 0.1) is 11.6 Å². The van der Waals surface area contributed by atoms with Crippen molar-refractivity contribution in [3.63, 3.8) is 0 Å². The third-order valence-corrected chi connectivity index (χ3v) is 3.25. The number of para-hydroxylation sites is 1. The van der Waals surface area contributed by atoms with Gasteiger partial charge in [-0.15, -0.1) is 0 Å². The molecule has 2 aromatic carbocycles. The number of hydrogen-bond acceptors (Lipinski definition) is 2. The zero-order chi connectivity index (χ0) is 15.0. The van der Waals surface area contributed by atoms with Crippen molar-refractivity contribution in [2.45, 2.75) is 6.10 Å². The molecule has 0 aromatic heterocycles. The molecule has 0 amide bonds. The molecule has 0 bridgehead atoms. The standard InChI is InChI=1S/C16H10F2O3/c17-12-6-5-10(8-13(12)18)15-11(16(19)20)7-9-3-1-2-4-14(9)21-15/h1-8,15H,(H,19,20). The maximum Gasteiger partial charge on any atom is 0.335 e. The van der Waals surface area contributed by atoms with Gasteiger partial charge in [-0.25, -0.2) is 13.6 Å². The molecule has 21 heavy (non-hydrogen) atoms. The van der Waals surface area contributed by atoms with Crippen molar-refractivity contribution in [2.24, 2.45) is 0 Å². The molecule has 106 valence electrons. The van der Waals surface area contributed by atoms with Crippen LogP contribution in [0.2, 0.25) is 0 Å². The summed E-state index contributed by atoms with van der Waals surface area (Å²) < 4.78 is 32.0. The predicted octanol–water partition coefficient (Wildman–Crippen LogP) is 3.57. The van der Waals surface area contributed by atoms with E-state index in [2.05, 4.69) is 0 Å². The number of carboxylic acid groups (broad SMARTS) is 1. The van der Waals surface area contributed by atoms with E-state index in [1.54, 1.807) is 24.3 Å². The number of hydrogen-bond donors (Lipinski definition) is 1. The van der Waals surface area contributed by atoms with Crippen LogP contribution < -0.4 is 4.74 Å². The largest absolute Gasteiger partial charge is 0.480 e. The number of carbonyl (C=O) groups is 1. The summed E-state index contributed by atoms with van der Waals surface area (Å²) in [6.45, 7) is 0. The van der Waals surface area contributed by atoms with Crippen molar-refractivity contribution in [2.75, 3.05) is 0 Å². The van der Waals surface area contributed by atoms with Gasteiger partial charge in [0.1, 0.15) is 5.75 Å². The van der Waals surface area contributed by atoms with E-state index >= 15 is 0 Å². The Bertz CT molecular complexity index is 753. The first-order chi connectivity index (χ1) is 10.1. The zero-order valence-corrected chi connectivity index (χ0v) is 10.7. The molecule has 0 saturated heterocycles. The van der Waals surface area contributed by atoms with E-state index in [4.69, 9.17) is 4.74 Å². The van der Waals surface area contributed by atoms with E-state index < -0.39 is 23.7 Å². The molecule has 0 radical (unpaired) electrons. The van der Waals surface area contributed by atoms with Crippen molar-refractivity contribution < 1.29 is 23.4 Å². The van der Waals surface area contributed by atoms with E-state index in [0.29, 0.717) is 11.3 Å². The second-order valence-corrected chi connectivity index (χ2v) is 4.61. The molecule has 1 heterocycles. The molecular weight excluding hydrogens is 278 g/mol. The van der Waals surface area contributed by atoms with Gasteiger partial charge in [-0.1, -0.05) is 24.3 Å². The second kappa shape index (κ2) is 5.01. The zero-order valence-electron chi connectivity index (χ0n) is 10.7. The van der Waals surface area contributed by atoms with E-state index in [0.717, 1.165) is 12.1 Å².